The van der Waals surface area contributed by atoms with Crippen LogP contribution in [0.25, 0.3) is 0 Å². The number of aliphatic hydroxyl groups excluding tert-OH is 1. The average molecular weight is 282 g/mol. The molecule has 1 aliphatic rings. The van der Waals surface area contributed by atoms with E-state index in [1.165, 1.54) is 6.26 Å². The van der Waals surface area contributed by atoms with Crippen molar-refractivity contribution < 1.29 is 13.5 Å². The Kier molecular flexibility index (Phi) is 4.31. The van der Waals surface area contributed by atoms with Gasteiger partial charge in [0.15, 0.2) is 0 Å². The fourth-order valence-electron chi connectivity index (χ4n) is 2.98. The molecule has 0 amide bonds. The third-order valence-electron chi connectivity index (χ3n) is 4.10. The van der Waals surface area contributed by atoms with Gasteiger partial charge in [0.05, 0.1) is 11.4 Å². The maximum atomic E-state index is 11.7. The molecule has 1 N–H and O–H groups in total. The van der Waals surface area contributed by atoms with Crippen LogP contribution in [0.4, 0.5) is 0 Å². The van der Waals surface area contributed by atoms with Gasteiger partial charge < -0.3 is 5.11 Å². The molecule has 0 heterocycles. The molecule has 0 radical (unpaired) electrons. The number of hydrogen-bond donors (Lipinski definition) is 1. The zero-order valence-corrected chi connectivity index (χ0v) is 12.4. The number of benzene rings is 1. The summed E-state index contributed by atoms with van der Waals surface area (Å²) in [4.78, 5) is 0. The third kappa shape index (κ3) is 3.57. The molecule has 3 unspecified atom stereocenters. The maximum Gasteiger partial charge on any atom is 0.150 e. The molecular formula is C15H22O3S. The van der Waals surface area contributed by atoms with Crippen LogP contribution < -0.4 is 0 Å². The highest BCUT2D eigenvalue weighted by atomic mass is 32.2. The van der Waals surface area contributed by atoms with E-state index < -0.39 is 15.9 Å². The molecule has 1 saturated carbocycles. The first-order valence-corrected chi connectivity index (χ1v) is 8.77. The molecule has 19 heavy (non-hydrogen) atoms. The fraction of sp³-hybridized carbons (Fsp3) is 0.600. The standard InChI is InChI=1S/C15H22O3S/c1-11-5-3-6-12(9-11)15(16)13-7-4-8-14(10-13)19(2,17)18/h3,5-6,9,13-16H,4,7-8,10H2,1-2H3. The minimum atomic E-state index is -2.99. The highest BCUT2D eigenvalue weighted by Gasteiger charge is 2.32. The first kappa shape index (κ1) is 14.5. The number of aryl methyl sites for hydroxylation is 1. The smallest absolute Gasteiger partial charge is 0.150 e. The van der Waals surface area contributed by atoms with E-state index in [2.05, 4.69) is 0 Å². The predicted molar refractivity (Wildman–Crippen MR) is 76.7 cm³/mol. The average Bonchev–Trinajstić information content (AvgIpc) is 2.37. The van der Waals surface area contributed by atoms with Crippen LogP contribution in [-0.4, -0.2) is 25.0 Å². The van der Waals surface area contributed by atoms with Crippen LogP contribution in [0, 0.1) is 12.8 Å². The second-order valence-corrected chi connectivity index (χ2v) is 8.06. The van der Waals surface area contributed by atoms with Crippen LogP contribution in [0.15, 0.2) is 24.3 Å². The minimum Gasteiger partial charge on any atom is -0.388 e. The lowest BCUT2D eigenvalue weighted by Gasteiger charge is -2.31. The summed E-state index contributed by atoms with van der Waals surface area (Å²) in [5, 5.41) is 10.2. The van der Waals surface area contributed by atoms with Crippen molar-refractivity contribution in [3.05, 3.63) is 35.4 Å². The highest BCUT2D eigenvalue weighted by molar-refractivity contribution is 7.91. The molecule has 1 aromatic carbocycles. The van der Waals surface area contributed by atoms with Gasteiger partial charge in [-0.1, -0.05) is 36.2 Å². The topological polar surface area (TPSA) is 54.4 Å². The number of sulfone groups is 1. The largest absolute Gasteiger partial charge is 0.388 e. The summed E-state index contributed by atoms with van der Waals surface area (Å²) < 4.78 is 23.3. The molecule has 0 spiro atoms. The van der Waals surface area contributed by atoms with Crippen molar-refractivity contribution in [2.75, 3.05) is 6.26 Å². The summed E-state index contributed by atoms with van der Waals surface area (Å²) in [6.45, 7) is 2.00. The van der Waals surface area contributed by atoms with Gasteiger partial charge in [0.1, 0.15) is 9.84 Å². The monoisotopic (exact) mass is 282 g/mol. The van der Waals surface area contributed by atoms with Crippen molar-refractivity contribution in [2.45, 2.75) is 44.0 Å². The van der Waals surface area contributed by atoms with E-state index in [9.17, 15) is 13.5 Å². The van der Waals surface area contributed by atoms with Gasteiger partial charge in [-0.15, -0.1) is 0 Å². The van der Waals surface area contributed by atoms with Crippen LogP contribution >= 0.6 is 0 Å². The first-order valence-electron chi connectivity index (χ1n) is 6.81. The molecular weight excluding hydrogens is 260 g/mol. The van der Waals surface area contributed by atoms with Gasteiger partial charge in [-0.2, -0.15) is 0 Å². The molecule has 0 bridgehead atoms. The SMILES string of the molecule is Cc1cccc(C(O)C2CCCC(S(C)(=O)=O)C2)c1. The van der Waals surface area contributed by atoms with E-state index in [0.29, 0.717) is 6.42 Å². The number of aliphatic hydroxyl groups is 1. The van der Waals surface area contributed by atoms with E-state index in [4.69, 9.17) is 0 Å². The molecule has 3 nitrogen and oxygen atoms in total. The van der Waals surface area contributed by atoms with Gasteiger partial charge in [-0.25, -0.2) is 8.42 Å². The normalized spacial score (nSPS) is 26.1. The maximum absolute atomic E-state index is 11.7. The second kappa shape index (κ2) is 5.63. The Hall–Kier alpha value is -0.870. The zero-order valence-electron chi connectivity index (χ0n) is 11.5. The number of rotatable bonds is 3. The minimum absolute atomic E-state index is 0.0512. The summed E-state index contributed by atoms with van der Waals surface area (Å²) in [6, 6.07) is 7.83. The van der Waals surface area contributed by atoms with Crippen LogP contribution in [0.5, 0.6) is 0 Å². The lowest BCUT2D eigenvalue weighted by Crippen LogP contribution is -2.30. The van der Waals surface area contributed by atoms with Gasteiger partial charge in [0.25, 0.3) is 0 Å². The quantitative estimate of drug-likeness (QED) is 0.927. The van der Waals surface area contributed by atoms with Crippen LogP contribution in [0.3, 0.4) is 0 Å². The zero-order chi connectivity index (χ0) is 14.0. The molecule has 2 rings (SSSR count). The Morgan fingerprint density at radius 1 is 1.32 bits per heavy atom. The molecule has 1 aromatic rings. The Bertz CT molecular complexity index is 536. The Morgan fingerprint density at radius 3 is 2.68 bits per heavy atom. The molecule has 106 valence electrons. The summed E-state index contributed by atoms with van der Waals surface area (Å²) in [6.07, 6.45) is 3.85. The molecule has 1 fully saturated rings. The lowest BCUT2D eigenvalue weighted by molar-refractivity contribution is 0.0856. The van der Waals surface area contributed by atoms with Crippen molar-refractivity contribution in [1.82, 2.24) is 0 Å². The summed E-state index contributed by atoms with van der Waals surface area (Å²) in [7, 11) is -2.99. The second-order valence-electron chi connectivity index (χ2n) is 5.74. The molecule has 0 aliphatic heterocycles. The van der Waals surface area contributed by atoms with Crippen LogP contribution in [-0.2, 0) is 9.84 Å². The molecule has 0 aromatic heterocycles. The van der Waals surface area contributed by atoms with E-state index in [-0.39, 0.29) is 11.2 Å². The van der Waals surface area contributed by atoms with Crippen molar-refractivity contribution >= 4 is 9.84 Å². The molecule has 4 heteroatoms. The third-order valence-corrected chi connectivity index (χ3v) is 5.74. The van der Waals surface area contributed by atoms with E-state index in [1.807, 2.05) is 31.2 Å². The summed E-state index contributed by atoms with van der Waals surface area (Å²) >= 11 is 0. The summed E-state index contributed by atoms with van der Waals surface area (Å²) in [5.41, 5.74) is 2.02. The molecule has 3 atom stereocenters. The van der Waals surface area contributed by atoms with Gasteiger partial charge in [-0.3, -0.25) is 0 Å². The van der Waals surface area contributed by atoms with Gasteiger partial charge in [-0.05, 0) is 37.7 Å². The van der Waals surface area contributed by atoms with Crippen molar-refractivity contribution in [2.24, 2.45) is 5.92 Å². The van der Waals surface area contributed by atoms with E-state index in [0.717, 1.165) is 30.4 Å². The van der Waals surface area contributed by atoms with Crippen molar-refractivity contribution in [1.29, 1.82) is 0 Å². The predicted octanol–water partition coefficient (Wildman–Crippen LogP) is 2.63. The van der Waals surface area contributed by atoms with E-state index in [1.54, 1.807) is 0 Å². The van der Waals surface area contributed by atoms with Crippen molar-refractivity contribution in [3.8, 4) is 0 Å². The molecule has 1 aliphatic carbocycles. The molecule has 0 saturated heterocycles. The summed E-state index contributed by atoms with van der Waals surface area (Å²) in [5.74, 6) is 0.0512. The number of hydrogen-bond acceptors (Lipinski definition) is 3. The van der Waals surface area contributed by atoms with Gasteiger partial charge in [0, 0.05) is 6.26 Å². The van der Waals surface area contributed by atoms with Crippen LogP contribution in [0.1, 0.15) is 42.9 Å². The first-order chi connectivity index (χ1) is 8.88. The lowest BCUT2D eigenvalue weighted by atomic mass is 9.82. The van der Waals surface area contributed by atoms with Crippen molar-refractivity contribution in [3.63, 3.8) is 0 Å². The van der Waals surface area contributed by atoms with Gasteiger partial charge in [0.2, 0.25) is 0 Å². The highest BCUT2D eigenvalue weighted by Crippen LogP contribution is 2.36. The van der Waals surface area contributed by atoms with Gasteiger partial charge >= 0.3 is 0 Å². The Morgan fingerprint density at radius 2 is 2.05 bits per heavy atom. The Balaban J connectivity index is 2.13. The Labute approximate surface area is 115 Å². The fourth-order valence-corrected chi connectivity index (χ4v) is 4.17. The van der Waals surface area contributed by atoms with Crippen LogP contribution in [0.2, 0.25) is 0 Å². The van der Waals surface area contributed by atoms with E-state index >= 15 is 0 Å².